The van der Waals surface area contributed by atoms with E-state index in [2.05, 4.69) is 216 Å². The van der Waals surface area contributed by atoms with Crippen LogP contribution < -0.4 is 4.90 Å². The zero-order chi connectivity index (χ0) is 34.4. The number of hydrogen-bond acceptors (Lipinski definition) is 1. The van der Waals surface area contributed by atoms with Crippen LogP contribution in [0.1, 0.15) is 0 Å². The van der Waals surface area contributed by atoms with E-state index in [1.54, 1.807) is 0 Å². The normalized spacial score (nSPS) is 11.5. The lowest BCUT2D eigenvalue weighted by Gasteiger charge is -2.28. The number of rotatable bonds is 6. The highest BCUT2D eigenvalue weighted by Gasteiger charge is 2.21. The van der Waals surface area contributed by atoms with Crippen molar-refractivity contribution >= 4 is 60.4 Å². The fraction of sp³-hybridized carbons (Fsp3) is 0. The SMILES string of the molecule is c1ccc(-c2ccccc2N(c2ccc3c(ccc4ccccc43)c2)c2ccc3c4ccccc4n(-c4ccccc4-c4ccccc4)c3c2)cc1. The Morgan fingerprint density at radius 3 is 1.67 bits per heavy atom. The average Bonchev–Trinajstić information content (AvgIpc) is 3.55. The molecule has 2 heteroatoms. The van der Waals surface area contributed by atoms with Crippen LogP contribution in [0, 0.1) is 0 Å². The van der Waals surface area contributed by atoms with E-state index in [-0.39, 0.29) is 0 Å². The summed E-state index contributed by atoms with van der Waals surface area (Å²) in [4.78, 5) is 2.43. The summed E-state index contributed by atoms with van der Waals surface area (Å²) >= 11 is 0. The Hall–Kier alpha value is -6.90. The van der Waals surface area contributed by atoms with Crippen LogP contribution in [0.25, 0.3) is 71.3 Å². The van der Waals surface area contributed by atoms with Gasteiger partial charge in [-0.1, -0.05) is 164 Å². The topological polar surface area (TPSA) is 8.17 Å². The summed E-state index contributed by atoms with van der Waals surface area (Å²) in [7, 11) is 0. The lowest BCUT2D eigenvalue weighted by molar-refractivity contribution is 1.18. The molecule has 0 saturated carbocycles. The Kier molecular flexibility index (Phi) is 7.18. The van der Waals surface area contributed by atoms with Crippen LogP contribution in [-0.4, -0.2) is 4.57 Å². The Balaban J connectivity index is 1.25. The van der Waals surface area contributed by atoms with Gasteiger partial charge in [0, 0.05) is 33.3 Å². The molecule has 9 aromatic carbocycles. The molecule has 0 atom stereocenters. The molecule has 10 rings (SSSR count). The van der Waals surface area contributed by atoms with Crippen molar-refractivity contribution in [3.05, 3.63) is 206 Å². The van der Waals surface area contributed by atoms with Gasteiger partial charge < -0.3 is 9.47 Å². The van der Waals surface area contributed by atoms with Crippen molar-refractivity contribution in [3.63, 3.8) is 0 Å². The summed E-state index contributed by atoms with van der Waals surface area (Å²) in [5.74, 6) is 0. The molecule has 0 N–H and O–H groups in total. The van der Waals surface area contributed by atoms with Crippen LogP contribution in [0.2, 0.25) is 0 Å². The second-order valence-electron chi connectivity index (χ2n) is 13.3. The predicted octanol–water partition coefficient (Wildman–Crippen LogP) is 13.9. The Morgan fingerprint density at radius 2 is 0.865 bits per heavy atom. The van der Waals surface area contributed by atoms with E-state index in [1.807, 2.05) is 0 Å². The third-order valence-electron chi connectivity index (χ3n) is 10.4. The first-order chi connectivity index (χ1) is 25.8. The summed E-state index contributed by atoms with van der Waals surface area (Å²) in [5, 5.41) is 7.45. The molecule has 0 saturated heterocycles. The van der Waals surface area contributed by atoms with Gasteiger partial charge in [0.05, 0.1) is 22.4 Å². The first kappa shape index (κ1) is 30.0. The van der Waals surface area contributed by atoms with Crippen molar-refractivity contribution in [1.29, 1.82) is 0 Å². The van der Waals surface area contributed by atoms with Gasteiger partial charge in [0.15, 0.2) is 0 Å². The van der Waals surface area contributed by atoms with E-state index in [9.17, 15) is 0 Å². The van der Waals surface area contributed by atoms with Crippen LogP contribution in [-0.2, 0) is 0 Å². The molecule has 0 aliphatic rings. The minimum Gasteiger partial charge on any atom is -0.310 e. The standard InChI is InChI=1S/C50H34N2/c1-3-15-35(16-4-1)43-21-9-12-24-47(43)51(39-29-31-42-38(33-39)28-27-37-19-7-8-20-41(37)42)40-30-32-46-45-23-11-14-26-49(45)52(50(46)34-40)48-25-13-10-22-44(48)36-17-5-2-6-18-36/h1-34H. The van der Waals surface area contributed by atoms with Gasteiger partial charge in [0.2, 0.25) is 0 Å². The number of nitrogens with zero attached hydrogens (tertiary/aromatic N) is 2. The molecule has 0 unspecified atom stereocenters. The van der Waals surface area contributed by atoms with Crippen molar-refractivity contribution in [2.45, 2.75) is 0 Å². The van der Waals surface area contributed by atoms with Crippen molar-refractivity contribution in [2.24, 2.45) is 0 Å². The third-order valence-corrected chi connectivity index (χ3v) is 10.4. The maximum atomic E-state index is 2.45. The van der Waals surface area contributed by atoms with Crippen LogP contribution in [0.5, 0.6) is 0 Å². The van der Waals surface area contributed by atoms with Gasteiger partial charge in [-0.15, -0.1) is 0 Å². The molecule has 0 fully saturated rings. The molecule has 0 spiro atoms. The fourth-order valence-electron chi connectivity index (χ4n) is 7.99. The Morgan fingerprint density at radius 1 is 0.327 bits per heavy atom. The molecule has 0 aliphatic heterocycles. The molecule has 1 aromatic heterocycles. The minimum absolute atomic E-state index is 1.09. The molecule has 0 radical (unpaired) electrons. The van der Waals surface area contributed by atoms with E-state index < -0.39 is 0 Å². The largest absolute Gasteiger partial charge is 0.310 e. The highest BCUT2D eigenvalue weighted by molar-refractivity contribution is 6.12. The van der Waals surface area contributed by atoms with Gasteiger partial charge in [-0.2, -0.15) is 0 Å². The van der Waals surface area contributed by atoms with Crippen molar-refractivity contribution < 1.29 is 0 Å². The molecule has 52 heavy (non-hydrogen) atoms. The number of fused-ring (bicyclic) bond motifs is 6. The van der Waals surface area contributed by atoms with Crippen molar-refractivity contribution in [3.8, 4) is 27.9 Å². The first-order valence-corrected chi connectivity index (χ1v) is 17.9. The summed E-state index contributed by atoms with van der Waals surface area (Å²) in [6.07, 6.45) is 0. The van der Waals surface area contributed by atoms with Crippen molar-refractivity contribution in [2.75, 3.05) is 4.90 Å². The highest BCUT2D eigenvalue weighted by atomic mass is 15.1. The number of anilines is 3. The molecule has 244 valence electrons. The molecule has 0 amide bonds. The Labute approximate surface area is 303 Å². The van der Waals surface area contributed by atoms with Crippen LogP contribution >= 0.6 is 0 Å². The van der Waals surface area contributed by atoms with Crippen LogP contribution in [0.15, 0.2) is 206 Å². The average molecular weight is 663 g/mol. The summed E-state index contributed by atoms with van der Waals surface area (Å²) in [5.41, 5.74) is 11.6. The number of para-hydroxylation sites is 3. The zero-order valence-electron chi connectivity index (χ0n) is 28.5. The minimum atomic E-state index is 1.09. The number of hydrogen-bond donors (Lipinski definition) is 0. The second-order valence-corrected chi connectivity index (χ2v) is 13.3. The molecule has 10 aromatic rings. The third kappa shape index (κ3) is 4.96. The van der Waals surface area contributed by atoms with Crippen molar-refractivity contribution in [1.82, 2.24) is 4.57 Å². The second kappa shape index (κ2) is 12.5. The number of benzene rings is 9. The van der Waals surface area contributed by atoms with Crippen LogP contribution in [0.3, 0.4) is 0 Å². The van der Waals surface area contributed by atoms with E-state index in [0.717, 1.165) is 28.3 Å². The maximum Gasteiger partial charge on any atom is 0.0562 e. The number of aromatic nitrogens is 1. The molecule has 0 bridgehead atoms. The first-order valence-electron chi connectivity index (χ1n) is 17.9. The lowest BCUT2D eigenvalue weighted by atomic mass is 9.99. The zero-order valence-corrected chi connectivity index (χ0v) is 28.5. The fourth-order valence-corrected chi connectivity index (χ4v) is 7.99. The van der Waals surface area contributed by atoms with E-state index in [1.165, 1.54) is 60.1 Å². The van der Waals surface area contributed by atoms with E-state index >= 15 is 0 Å². The maximum absolute atomic E-state index is 2.45. The summed E-state index contributed by atoms with van der Waals surface area (Å²) in [6, 6.07) is 74.7. The molecule has 0 aliphatic carbocycles. The van der Waals surface area contributed by atoms with Gasteiger partial charge in [0.25, 0.3) is 0 Å². The van der Waals surface area contributed by atoms with Gasteiger partial charge in [-0.05, 0) is 75.1 Å². The smallest absolute Gasteiger partial charge is 0.0562 e. The highest BCUT2D eigenvalue weighted by Crippen LogP contribution is 2.44. The van der Waals surface area contributed by atoms with E-state index in [0.29, 0.717) is 0 Å². The van der Waals surface area contributed by atoms with Gasteiger partial charge in [-0.25, -0.2) is 0 Å². The van der Waals surface area contributed by atoms with Gasteiger partial charge in [0.1, 0.15) is 0 Å². The van der Waals surface area contributed by atoms with E-state index in [4.69, 9.17) is 0 Å². The quantitative estimate of drug-likeness (QED) is 0.161. The van der Waals surface area contributed by atoms with Gasteiger partial charge in [-0.3, -0.25) is 0 Å². The predicted molar refractivity (Wildman–Crippen MR) is 221 cm³/mol. The molecular formula is C50H34N2. The molecule has 1 heterocycles. The summed E-state index contributed by atoms with van der Waals surface area (Å²) in [6.45, 7) is 0. The summed E-state index contributed by atoms with van der Waals surface area (Å²) < 4.78 is 2.45. The Bertz CT molecular complexity index is 2900. The molecule has 2 nitrogen and oxygen atoms in total. The molecular weight excluding hydrogens is 629 g/mol. The van der Waals surface area contributed by atoms with Gasteiger partial charge >= 0.3 is 0 Å². The van der Waals surface area contributed by atoms with Crippen LogP contribution in [0.4, 0.5) is 17.1 Å². The lowest BCUT2D eigenvalue weighted by Crippen LogP contribution is -2.11. The monoisotopic (exact) mass is 662 g/mol.